The van der Waals surface area contributed by atoms with Gasteiger partial charge in [0.2, 0.25) is 0 Å². The average Bonchev–Trinajstić information content (AvgIpc) is 2.17. The molecule has 0 amide bonds. The molecule has 0 N–H and O–H groups in total. The molecule has 0 aromatic heterocycles. The summed E-state index contributed by atoms with van der Waals surface area (Å²) in [6, 6.07) is 0. The molecule has 1 heterocycles. The lowest BCUT2D eigenvalue weighted by atomic mass is 10.1. The van der Waals surface area contributed by atoms with Crippen LogP contribution in [0.25, 0.3) is 0 Å². The van der Waals surface area contributed by atoms with Crippen molar-refractivity contribution in [2.24, 2.45) is 5.92 Å². The van der Waals surface area contributed by atoms with Crippen LogP contribution < -0.4 is 0 Å². The van der Waals surface area contributed by atoms with E-state index in [2.05, 4.69) is 6.58 Å². The first kappa shape index (κ1) is 6.33. The zero-order chi connectivity index (χ0) is 6.69. The van der Waals surface area contributed by atoms with Crippen LogP contribution in [-0.2, 0) is 9.53 Å². The maximum absolute atomic E-state index is 10.5. The van der Waals surface area contributed by atoms with Gasteiger partial charge < -0.3 is 4.74 Å². The molecular formula is C7H10O2. The number of esters is 1. The Kier molecular flexibility index (Phi) is 1.88. The Morgan fingerprint density at radius 1 is 1.89 bits per heavy atom. The number of allylic oxidation sites excluding steroid dienone is 1. The van der Waals surface area contributed by atoms with Crippen LogP contribution in [-0.4, -0.2) is 12.6 Å². The number of carbonyl (C=O) groups is 1. The SMILES string of the molecule is C=CCC1COC(=O)C1. The third kappa shape index (κ3) is 1.56. The number of hydrogen-bond donors (Lipinski definition) is 0. The summed E-state index contributed by atoms with van der Waals surface area (Å²) in [5.74, 6) is 0.330. The van der Waals surface area contributed by atoms with E-state index in [0.29, 0.717) is 18.9 Å². The monoisotopic (exact) mass is 126 g/mol. The quantitative estimate of drug-likeness (QED) is 0.409. The first-order chi connectivity index (χ1) is 4.33. The van der Waals surface area contributed by atoms with Crippen molar-refractivity contribution in [2.75, 3.05) is 6.61 Å². The summed E-state index contributed by atoms with van der Waals surface area (Å²) in [4.78, 5) is 10.5. The molecule has 9 heavy (non-hydrogen) atoms. The summed E-state index contributed by atoms with van der Waals surface area (Å²) in [6.45, 7) is 4.17. The lowest BCUT2D eigenvalue weighted by molar-refractivity contribution is -0.137. The summed E-state index contributed by atoms with van der Waals surface area (Å²) < 4.78 is 4.73. The molecule has 1 rings (SSSR count). The highest BCUT2D eigenvalue weighted by atomic mass is 16.5. The highest BCUT2D eigenvalue weighted by Crippen LogP contribution is 2.17. The van der Waals surface area contributed by atoms with Crippen molar-refractivity contribution in [1.82, 2.24) is 0 Å². The average molecular weight is 126 g/mol. The molecule has 0 radical (unpaired) electrons. The van der Waals surface area contributed by atoms with Gasteiger partial charge in [0.05, 0.1) is 13.0 Å². The first-order valence-corrected chi connectivity index (χ1v) is 3.09. The largest absolute Gasteiger partial charge is 0.465 e. The van der Waals surface area contributed by atoms with E-state index in [1.54, 1.807) is 0 Å². The van der Waals surface area contributed by atoms with Gasteiger partial charge in [0.15, 0.2) is 0 Å². The summed E-state index contributed by atoms with van der Waals surface area (Å²) in [5.41, 5.74) is 0. The molecule has 1 unspecified atom stereocenters. The number of cyclic esters (lactones) is 1. The van der Waals surface area contributed by atoms with Crippen LogP contribution in [0.1, 0.15) is 12.8 Å². The molecule has 50 valence electrons. The third-order valence-electron chi connectivity index (χ3n) is 1.44. The van der Waals surface area contributed by atoms with Gasteiger partial charge in [-0.3, -0.25) is 4.79 Å². The lowest BCUT2D eigenvalue weighted by Crippen LogP contribution is -1.95. The molecule has 1 aliphatic rings. The molecule has 1 aliphatic heterocycles. The molecule has 0 saturated carbocycles. The summed E-state index contributed by atoms with van der Waals surface area (Å²) in [5, 5.41) is 0. The van der Waals surface area contributed by atoms with Gasteiger partial charge in [-0.05, 0) is 6.42 Å². The van der Waals surface area contributed by atoms with Crippen molar-refractivity contribution in [3.05, 3.63) is 12.7 Å². The second kappa shape index (κ2) is 2.67. The van der Waals surface area contributed by atoms with Crippen molar-refractivity contribution in [3.63, 3.8) is 0 Å². The van der Waals surface area contributed by atoms with E-state index >= 15 is 0 Å². The first-order valence-electron chi connectivity index (χ1n) is 3.09. The van der Waals surface area contributed by atoms with Crippen molar-refractivity contribution < 1.29 is 9.53 Å². The van der Waals surface area contributed by atoms with Crippen molar-refractivity contribution in [3.8, 4) is 0 Å². The van der Waals surface area contributed by atoms with Crippen LogP contribution in [0.4, 0.5) is 0 Å². The van der Waals surface area contributed by atoms with Crippen molar-refractivity contribution >= 4 is 5.97 Å². The number of rotatable bonds is 2. The number of hydrogen-bond acceptors (Lipinski definition) is 2. The van der Waals surface area contributed by atoms with Crippen LogP contribution in [0.3, 0.4) is 0 Å². The Morgan fingerprint density at radius 3 is 3.11 bits per heavy atom. The zero-order valence-electron chi connectivity index (χ0n) is 5.30. The minimum absolute atomic E-state index is 0.0677. The minimum atomic E-state index is -0.0677. The summed E-state index contributed by atoms with van der Waals surface area (Å²) >= 11 is 0. The van der Waals surface area contributed by atoms with Crippen LogP contribution in [0.5, 0.6) is 0 Å². The van der Waals surface area contributed by atoms with Crippen molar-refractivity contribution in [1.29, 1.82) is 0 Å². The van der Waals surface area contributed by atoms with E-state index in [1.807, 2.05) is 6.08 Å². The fourth-order valence-corrected chi connectivity index (χ4v) is 0.951. The molecule has 0 aromatic carbocycles. The van der Waals surface area contributed by atoms with Crippen LogP contribution in [0, 0.1) is 5.92 Å². The van der Waals surface area contributed by atoms with E-state index in [4.69, 9.17) is 4.74 Å². The number of ether oxygens (including phenoxy) is 1. The van der Waals surface area contributed by atoms with Crippen LogP contribution >= 0.6 is 0 Å². The van der Waals surface area contributed by atoms with Gasteiger partial charge in [0, 0.05) is 5.92 Å². The second-order valence-electron chi connectivity index (χ2n) is 2.28. The molecule has 0 aliphatic carbocycles. The fourth-order valence-electron chi connectivity index (χ4n) is 0.951. The zero-order valence-corrected chi connectivity index (χ0v) is 5.30. The Hall–Kier alpha value is -0.790. The minimum Gasteiger partial charge on any atom is -0.465 e. The van der Waals surface area contributed by atoms with E-state index in [0.717, 1.165) is 6.42 Å². The highest BCUT2D eigenvalue weighted by molar-refractivity contribution is 5.71. The van der Waals surface area contributed by atoms with Gasteiger partial charge in [-0.2, -0.15) is 0 Å². The van der Waals surface area contributed by atoms with E-state index < -0.39 is 0 Å². The smallest absolute Gasteiger partial charge is 0.306 e. The van der Waals surface area contributed by atoms with Gasteiger partial charge >= 0.3 is 5.97 Å². The second-order valence-corrected chi connectivity index (χ2v) is 2.28. The molecule has 0 bridgehead atoms. The van der Waals surface area contributed by atoms with Crippen LogP contribution in [0.2, 0.25) is 0 Å². The van der Waals surface area contributed by atoms with Gasteiger partial charge in [-0.15, -0.1) is 6.58 Å². The highest BCUT2D eigenvalue weighted by Gasteiger charge is 2.21. The topological polar surface area (TPSA) is 26.3 Å². The van der Waals surface area contributed by atoms with Gasteiger partial charge in [0.1, 0.15) is 0 Å². The van der Waals surface area contributed by atoms with E-state index in [-0.39, 0.29) is 5.97 Å². The lowest BCUT2D eigenvalue weighted by Gasteiger charge is -1.97. The molecule has 0 aromatic rings. The summed E-state index contributed by atoms with van der Waals surface area (Å²) in [6.07, 6.45) is 3.30. The van der Waals surface area contributed by atoms with Gasteiger partial charge in [-0.1, -0.05) is 6.08 Å². The molecular weight excluding hydrogens is 116 g/mol. The Morgan fingerprint density at radius 2 is 2.67 bits per heavy atom. The summed E-state index contributed by atoms with van der Waals surface area (Å²) in [7, 11) is 0. The third-order valence-corrected chi connectivity index (χ3v) is 1.44. The normalized spacial score (nSPS) is 25.8. The van der Waals surface area contributed by atoms with Gasteiger partial charge in [-0.25, -0.2) is 0 Å². The maximum Gasteiger partial charge on any atom is 0.306 e. The predicted molar refractivity (Wildman–Crippen MR) is 33.9 cm³/mol. The van der Waals surface area contributed by atoms with Gasteiger partial charge in [0.25, 0.3) is 0 Å². The van der Waals surface area contributed by atoms with Crippen molar-refractivity contribution in [2.45, 2.75) is 12.8 Å². The Bertz CT molecular complexity index is 129. The Balaban J connectivity index is 2.29. The predicted octanol–water partition coefficient (Wildman–Crippen LogP) is 1.13. The molecule has 1 fully saturated rings. The standard InChI is InChI=1S/C7H10O2/c1-2-3-6-4-7(8)9-5-6/h2,6H,1,3-5H2. The molecule has 0 spiro atoms. The molecule has 1 saturated heterocycles. The van der Waals surface area contributed by atoms with Crippen LogP contribution in [0.15, 0.2) is 12.7 Å². The molecule has 2 nitrogen and oxygen atoms in total. The fraction of sp³-hybridized carbons (Fsp3) is 0.571. The molecule has 2 heteroatoms. The maximum atomic E-state index is 10.5. The number of carbonyl (C=O) groups excluding carboxylic acids is 1. The Labute approximate surface area is 54.5 Å². The van der Waals surface area contributed by atoms with E-state index in [1.165, 1.54) is 0 Å². The van der Waals surface area contributed by atoms with E-state index in [9.17, 15) is 4.79 Å². The molecule has 1 atom stereocenters.